The third-order valence-electron chi connectivity index (χ3n) is 8.07. The lowest BCUT2D eigenvalue weighted by molar-refractivity contribution is -0.138. The minimum Gasteiger partial charge on any atom is -0.445 e. The summed E-state index contributed by atoms with van der Waals surface area (Å²) in [6.07, 6.45) is 3.07. The lowest BCUT2D eigenvalue weighted by Crippen LogP contribution is -2.55. The maximum Gasteiger partial charge on any atom is 0.410 e. The van der Waals surface area contributed by atoms with Gasteiger partial charge in [0.2, 0.25) is 11.8 Å². The van der Waals surface area contributed by atoms with Crippen LogP contribution in [0.25, 0.3) is 0 Å². The van der Waals surface area contributed by atoms with Crippen molar-refractivity contribution in [3.63, 3.8) is 0 Å². The second-order valence-corrected chi connectivity index (χ2v) is 11.1. The van der Waals surface area contributed by atoms with Crippen LogP contribution in [0.15, 0.2) is 91.0 Å². The van der Waals surface area contributed by atoms with Crippen molar-refractivity contribution in [1.29, 1.82) is 0 Å². The van der Waals surface area contributed by atoms with E-state index in [2.05, 4.69) is 10.6 Å². The molecule has 0 radical (unpaired) electrons. The van der Waals surface area contributed by atoms with Crippen molar-refractivity contribution in [3.8, 4) is 0 Å². The van der Waals surface area contributed by atoms with Gasteiger partial charge in [-0.25, -0.2) is 4.79 Å². The van der Waals surface area contributed by atoms with Crippen LogP contribution in [0.4, 0.5) is 4.79 Å². The van der Waals surface area contributed by atoms with Crippen molar-refractivity contribution < 1.29 is 19.1 Å². The van der Waals surface area contributed by atoms with Crippen molar-refractivity contribution >= 4 is 17.9 Å². The summed E-state index contributed by atoms with van der Waals surface area (Å²) in [6.45, 7) is 3.40. The van der Waals surface area contributed by atoms with E-state index in [9.17, 15) is 14.4 Å². The molecule has 0 aromatic heterocycles. The van der Waals surface area contributed by atoms with E-state index in [0.717, 1.165) is 29.5 Å². The van der Waals surface area contributed by atoms with E-state index >= 15 is 0 Å². The van der Waals surface area contributed by atoms with E-state index in [1.807, 2.05) is 95.9 Å². The Labute approximate surface area is 255 Å². The van der Waals surface area contributed by atoms with Gasteiger partial charge in [-0.15, -0.1) is 0 Å². The molecule has 0 spiro atoms. The highest BCUT2D eigenvalue weighted by atomic mass is 16.6. The Morgan fingerprint density at radius 3 is 2.07 bits per heavy atom. The maximum absolute atomic E-state index is 14.0. The summed E-state index contributed by atoms with van der Waals surface area (Å²) in [5.41, 5.74) is 3.16. The van der Waals surface area contributed by atoms with Gasteiger partial charge in [0.25, 0.3) is 0 Å². The van der Waals surface area contributed by atoms with Crippen LogP contribution in [0, 0.1) is 0 Å². The summed E-state index contributed by atoms with van der Waals surface area (Å²) in [5.74, 6) is -0.311. The van der Waals surface area contributed by atoms with E-state index in [-0.39, 0.29) is 24.5 Å². The molecule has 8 heteroatoms. The first kappa shape index (κ1) is 31.8. The predicted molar refractivity (Wildman–Crippen MR) is 168 cm³/mol. The zero-order valence-electron chi connectivity index (χ0n) is 25.3. The molecule has 43 heavy (non-hydrogen) atoms. The number of likely N-dealkylation sites (tertiary alicyclic amines) is 1. The quantitative estimate of drug-likeness (QED) is 0.290. The highest BCUT2D eigenvalue weighted by molar-refractivity contribution is 5.90. The molecule has 1 aliphatic rings. The van der Waals surface area contributed by atoms with Crippen molar-refractivity contribution in [2.75, 3.05) is 26.7 Å². The second kappa shape index (κ2) is 16.5. The summed E-state index contributed by atoms with van der Waals surface area (Å²) < 4.78 is 5.73. The van der Waals surface area contributed by atoms with Crippen LogP contribution in [-0.4, -0.2) is 72.5 Å². The molecular weight excluding hydrogens is 540 g/mol. The largest absolute Gasteiger partial charge is 0.445 e. The zero-order chi connectivity index (χ0) is 30.4. The monoisotopic (exact) mass is 584 g/mol. The van der Waals surface area contributed by atoms with Crippen molar-refractivity contribution in [2.45, 2.75) is 63.8 Å². The van der Waals surface area contributed by atoms with Crippen molar-refractivity contribution in [1.82, 2.24) is 20.4 Å². The number of likely N-dealkylation sites (N-methyl/N-ethyl adjacent to an activating group) is 1. The molecule has 8 nitrogen and oxygen atoms in total. The predicted octanol–water partition coefficient (Wildman–Crippen LogP) is 4.58. The van der Waals surface area contributed by atoms with Gasteiger partial charge in [0.1, 0.15) is 12.6 Å². The van der Waals surface area contributed by atoms with Gasteiger partial charge >= 0.3 is 6.09 Å². The third-order valence-corrected chi connectivity index (χ3v) is 8.07. The lowest BCUT2D eigenvalue weighted by Gasteiger charge is -2.33. The van der Waals surface area contributed by atoms with Gasteiger partial charge in [-0.05, 0) is 62.8 Å². The van der Waals surface area contributed by atoms with Crippen LogP contribution in [-0.2, 0) is 33.8 Å². The first-order valence-electron chi connectivity index (χ1n) is 15.3. The molecule has 3 atom stereocenters. The molecule has 0 unspecified atom stereocenters. The fraction of sp³-hybridized carbons (Fsp3) is 0.400. The number of ether oxygens (including phenoxy) is 1. The number of aryl methyl sites for hydroxylation is 1. The van der Waals surface area contributed by atoms with Gasteiger partial charge in [0.05, 0.1) is 6.04 Å². The summed E-state index contributed by atoms with van der Waals surface area (Å²) in [6, 6.07) is 28.4. The molecule has 1 aliphatic heterocycles. The molecule has 4 rings (SSSR count). The number of carbonyl (C=O) groups excluding carboxylic acids is 3. The Bertz CT molecular complexity index is 1290. The molecule has 1 saturated heterocycles. The summed E-state index contributed by atoms with van der Waals surface area (Å²) in [7, 11) is 1.72. The van der Waals surface area contributed by atoms with E-state index in [4.69, 9.17) is 4.74 Å². The fourth-order valence-corrected chi connectivity index (χ4v) is 5.39. The first-order chi connectivity index (χ1) is 20.9. The van der Waals surface area contributed by atoms with Gasteiger partial charge < -0.3 is 25.2 Å². The molecule has 1 heterocycles. The number of hydrogen-bond donors (Lipinski definition) is 2. The van der Waals surface area contributed by atoms with E-state index in [1.54, 1.807) is 18.9 Å². The number of rotatable bonds is 14. The SMILES string of the molecule is CN[C@@H](C)C(=O)N[C@@H](CCc1ccccc1)C(=O)N1CCC[C@H]1CN(CCc1ccccc1)C(=O)OCc1ccccc1. The molecular formula is C35H44N4O4. The molecule has 228 valence electrons. The van der Waals surface area contributed by atoms with Crippen LogP contribution in [0.3, 0.4) is 0 Å². The number of amides is 3. The summed E-state index contributed by atoms with van der Waals surface area (Å²) >= 11 is 0. The highest BCUT2D eigenvalue weighted by Crippen LogP contribution is 2.22. The van der Waals surface area contributed by atoms with Crippen LogP contribution < -0.4 is 10.6 Å². The molecule has 0 bridgehead atoms. The molecule has 0 saturated carbocycles. The van der Waals surface area contributed by atoms with Gasteiger partial charge in [0, 0.05) is 25.7 Å². The Kier molecular flexibility index (Phi) is 12.2. The lowest BCUT2D eigenvalue weighted by atomic mass is 10.0. The van der Waals surface area contributed by atoms with Crippen LogP contribution >= 0.6 is 0 Å². The minimum absolute atomic E-state index is 0.101. The Balaban J connectivity index is 1.47. The topological polar surface area (TPSA) is 91.0 Å². The molecule has 3 amide bonds. The normalized spacial score (nSPS) is 15.9. The third kappa shape index (κ3) is 9.68. The maximum atomic E-state index is 14.0. The van der Waals surface area contributed by atoms with E-state index in [0.29, 0.717) is 38.9 Å². The first-order valence-corrected chi connectivity index (χ1v) is 15.3. The smallest absolute Gasteiger partial charge is 0.410 e. The van der Waals surface area contributed by atoms with E-state index < -0.39 is 18.2 Å². The average Bonchev–Trinajstić information content (AvgIpc) is 3.52. The molecule has 3 aromatic rings. The number of benzene rings is 3. The Morgan fingerprint density at radius 1 is 0.884 bits per heavy atom. The Morgan fingerprint density at radius 2 is 1.47 bits per heavy atom. The number of nitrogens with zero attached hydrogens (tertiary/aromatic N) is 2. The van der Waals surface area contributed by atoms with Crippen molar-refractivity contribution in [3.05, 3.63) is 108 Å². The van der Waals surface area contributed by atoms with Crippen LogP contribution in [0.5, 0.6) is 0 Å². The van der Waals surface area contributed by atoms with Crippen LogP contribution in [0.1, 0.15) is 42.9 Å². The number of nitrogens with one attached hydrogen (secondary N) is 2. The highest BCUT2D eigenvalue weighted by Gasteiger charge is 2.36. The van der Waals surface area contributed by atoms with Gasteiger partial charge in [-0.1, -0.05) is 91.0 Å². The van der Waals surface area contributed by atoms with E-state index in [1.165, 1.54) is 0 Å². The standard InChI is InChI=1S/C35H44N4O4/c1-27(36-2)33(40)37-32(21-20-28-13-6-3-7-14-28)34(41)39-23-12-19-31(39)25-38(24-22-29-15-8-4-9-16-29)35(42)43-26-30-17-10-5-11-18-30/h3-11,13-18,27,31-32,36H,12,19-26H2,1-2H3,(H,37,40)/t27-,31-,32-/m0/s1. The second-order valence-electron chi connectivity index (χ2n) is 11.1. The average molecular weight is 585 g/mol. The number of hydrogen-bond acceptors (Lipinski definition) is 5. The molecule has 2 N–H and O–H groups in total. The zero-order valence-corrected chi connectivity index (χ0v) is 25.3. The Hall–Kier alpha value is -4.17. The minimum atomic E-state index is -0.660. The number of carbonyl (C=O) groups is 3. The van der Waals surface area contributed by atoms with Crippen molar-refractivity contribution in [2.24, 2.45) is 0 Å². The van der Waals surface area contributed by atoms with Gasteiger partial charge in [-0.3, -0.25) is 9.59 Å². The molecule has 0 aliphatic carbocycles. The summed E-state index contributed by atoms with van der Waals surface area (Å²) in [4.78, 5) is 43.9. The van der Waals surface area contributed by atoms with Gasteiger partial charge in [0.15, 0.2) is 0 Å². The van der Waals surface area contributed by atoms with Gasteiger partial charge in [-0.2, -0.15) is 0 Å². The van der Waals surface area contributed by atoms with Crippen LogP contribution in [0.2, 0.25) is 0 Å². The summed E-state index contributed by atoms with van der Waals surface area (Å²) in [5, 5.41) is 5.95. The molecule has 3 aromatic carbocycles. The fourth-order valence-electron chi connectivity index (χ4n) is 5.39. The molecule has 1 fully saturated rings.